The molecule has 0 saturated heterocycles. The van der Waals surface area contributed by atoms with E-state index < -0.39 is 26.1 Å². The minimum atomic E-state index is -4.19. The Morgan fingerprint density at radius 2 is 1.73 bits per heavy atom. The molecule has 0 fully saturated rings. The lowest BCUT2D eigenvalue weighted by Crippen LogP contribution is -2.07. The van der Waals surface area contributed by atoms with Crippen LogP contribution in [0.3, 0.4) is 0 Å². The molecular formula is C7H9O7P. The molecule has 0 aliphatic heterocycles. The van der Waals surface area contributed by atoms with Gasteiger partial charge >= 0.3 is 19.9 Å². The minimum absolute atomic E-state index is 0.475. The van der Waals surface area contributed by atoms with Crippen LogP contribution in [0.25, 0.3) is 0 Å². The summed E-state index contributed by atoms with van der Waals surface area (Å²) in [6.07, 6.45) is -0.301. The molecule has 0 rings (SSSR count). The van der Waals surface area contributed by atoms with Gasteiger partial charge in [0.05, 0.1) is 6.16 Å². The van der Waals surface area contributed by atoms with Crippen molar-refractivity contribution < 1.29 is 33.4 Å². The Morgan fingerprint density at radius 3 is 2.07 bits per heavy atom. The quantitative estimate of drug-likeness (QED) is 0.556. The summed E-state index contributed by atoms with van der Waals surface area (Å²) in [5.41, 5.74) is 0. The third-order valence-electron chi connectivity index (χ3n) is 1.04. The summed E-state index contributed by atoms with van der Waals surface area (Å²) in [5.74, 6) is 0. The normalized spacial score (nSPS) is 10.9. The summed E-state index contributed by atoms with van der Waals surface area (Å²) in [6, 6.07) is 0. The van der Waals surface area contributed by atoms with E-state index in [1.54, 1.807) is 0 Å². The number of carbonyl (C=O) groups is 2. The third-order valence-corrected chi connectivity index (χ3v) is 2.56. The zero-order valence-corrected chi connectivity index (χ0v) is 8.42. The van der Waals surface area contributed by atoms with Crippen LogP contribution in [-0.2, 0) is 13.6 Å². The van der Waals surface area contributed by atoms with Gasteiger partial charge in [-0.05, 0) is 0 Å². The molecule has 0 atom stereocenters. The maximum Gasteiger partial charge on any atom is 0.513 e. The lowest BCUT2D eigenvalue weighted by Gasteiger charge is -2.11. The first kappa shape index (κ1) is 13.2. The lowest BCUT2D eigenvalue weighted by molar-refractivity contribution is 0.119. The Morgan fingerprint density at radius 1 is 1.27 bits per heavy atom. The molecule has 84 valence electrons. The maximum absolute atomic E-state index is 11.4. The number of rotatable bonds is 5. The zero-order chi connectivity index (χ0) is 11.9. The van der Waals surface area contributed by atoms with E-state index in [9.17, 15) is 14.2 Å². The monoisotopic (exact) mass is 236 g/mol. The van der Waals surface area contributed by atoms with Crippen molar-refractivity contribution in [2.24, 2.45) is 0 Å². The summed E-state index contributed by atoms with van der Waals surface area (Å²) in [4.78, 5) is 20.2. The largest absolute Gasteiger partial charge is 0.513 e. The third kappa shape index (κ3) is 6.34. The molecule has 7 nitrogen and oxygen atoms in total. The second kappa shape index (κ2) is 5.87. The fourth-order valence-corrected chi connectivity index (χ4v) is 1.66. The smallest absolute Gasteiger partial charge is 0.449 e. The Bertz CT molecular complexity index is 312. The van der Waals surface area contributed by atoms with Gasteiger partial charge in [-0.2, -0.15) is 0 Å². The standard InChI is InChI=1S/C7H9O7P/c1-2-3-4-5-15(12,13-6(8)9)14-7(10)11/h2-4H,1,5H2,(H,8,9)(H,10,11). The molecule has 0 radical (unpaired) electrons. The van der Waals surface area contributed by atoms with Gasteiger partial charge in [0.15, 0.2) is 0 Å². The average molecular weight is 236 g/mol. The van der Waals surface area contributed by atoms with Crippen molar-refractivity contribution in [2.45, 2.75) is 0 Å². The van der Waals surface area contributed by atoms with Crippen LogP contribution in [0.5, 0.6) is 0 Å². The van der Waals surface area contributed by atoms with Gasteiger partial charge < -0.3 is 19.3 Å². The number of hydrogen-bond donors (Lipinski definition) is 2. The first-order valence-electron chi connectivity index (χ1n) is 3.61. The number of hydrogen-bond acceptors (Lipinski definition) is 5. The fraction of sp³-hybridized carbons (Fsp3) is 0.143. The summed E-state index contributed by atoms with van der Waals surface area (Å²) in [6.45, 7) is 3.31. The van der Waals surface area contributed by atoms with E-state index in [2.05, 4.69) is 15.6 Å². The summed E-state index contributed by atoms with van der Waals surface area (Å²) in [7, 11) is -4.19. The summed E-state index contributed by atoms with van der Waals surface area (Å²) >= 11 is 0. The van der Waals surface area contributed by atoms with Crippen LogP contribution in [0.1, 0.15) is 0 Å². The molecule has 0 bridgehead atoms. The Hall–Kier alpha value is -1.75. The molecule has 2 N–H and O–H groups in total. The van der Waals surface area contributed by atoms with Crippen molar-refractivity contribution in [1.82, 2.24) is 0 Å². The molecule has 0 amide bonds. The predicted molar refractivity (Wildman–Crippen MR) is 50.0 cm³/mol. The summed E-state index contributed by atoms with van der Waals surface area (Å²) < 4.78 is 19.2. The van der Waals surface area contributed by atoms with Crippen molar-refractivity contribution in [3.05, 3.63) is 24.8 Å². The van der Waals surface area contributed by atoms with E-state index >= 15 is 0 Å². The van der Waals surface area contributed by atoms with Gasteiger partial charge in [0, 0.05) is 0 Å². The highest BCUT2D eigenvalue weighted by Crippen LogP contribution is 2.48. The minimum Gasteiger partial charge on any atom is -0.449 e. The average Bonchev–Trinajstić information content (AvgIpc) is 2.00. The van der Waals surface area contributed by atoms with Gasteiger partial charge in [-0.1, -0.05) is 24.8 Å². The topological polar surface area (TPSA) is 110 Å². The Kier molecular flexibility index (Phi) is 5.19. The molecule has 0 aromatic carbocycles. The van der Waals surface area contributed by atoms with Gasteiger partial charge in [-0.3, -0.25) is 0 Å². The van der Waals surface area contributed by atoms with Crippen molar-refractivity contribution in [3.63, 3.8) is 0 Å². The molecule has 15 heavy (non-hydrogen) atoms. The van der Waals surface area contributed by atoms with Crippen LogP contribution in [0.4, 0.5) is 9.59 Å². The van der Waals surface area contributed by atoms with Crippen LogP contribution in [0.2, 0.25) is 0 Å². The van der Waals surface area contributed by atoms with E-state index in [1.165, 1.54) is 18.2 Å². The molecule has 8 heteroatoms. The summed E-state index contributed by atoms with van der Waals surface area (Å²) in [5, 5.41) is 16.4. The molecule has 0 aromatic heterocycles. The van der Waals surface area contributed by atoms with Crippen molar-refractivity contribution in [3.8, 4) is 0 Å². The second-order valence-electron chi connectivity index (χ2n) is 2.17. The molecule has 0 aliphatic rings. The first-order chi connectivity index (χ1) is 6.89. The molecule has 0 unspecified atom stereocenters. The molecule has 0 spiro atoms. The molecule has 0 aliphatic carbocycles. The van der Waals surface area contributed by atoms with E-state index in [0.717, 1.165) is 0 Å². The van der Waals surface area contributed by atoms with E-state index in [0.29, 0.717) is 0 Å². The van der Waals surface area contributed by atoms with Crippen LogP contribution < -0.4 is 0 Å². The van der Waals surface area contributed by atoms with Gasteiger partial charge in [0.2, 0.25) is 0 Å². The van der Waals surface area contributed by atoms with Gasteiger partial charge in [0.1, 0.15) is 0 Å². The molecule has 0 saturated carbocycles. The number of allylic oxidation sites excluding steroid dienone is 3. The van der Waals surface area contributed by atoms with Gasteiger partial charge in [-0.15, -0.1) is 0 Å². The molecule has 0 heterocycles. The SMILES string of the molecule is C=CC=CCP(=O)(OC(=O)O)OC(=O)O. The predicted octanol–water partition coefficient (Wildman–Crippen LogP) is 2.31. The van der Waals surface area contributed by atoms with Gasteiger partial charge in [0.25, 0.3) is 0 Å². The van der Waals surface area contributed by atoms with Crippen molar-refractivity contribution >= 4 is 19.9 Å². The van der Waals surface area contributed by atoms with Crippen LogP contribution in [-0.4, -0.2) is 28.7 Å². The molecular weight excluding hydrogens is 227 g/mol. The second-order valence-corrected chi connectivity index (χ2v) is 4.12. The van der Waals surface area contributed by atoms with E-state index in [1.807, 2.05) is 0 Å². The highest BCUT2D eigenvalue weighted by Gasteiger charge is 2.31. The van der Waals surface area contributed by atoms with Crippen molar-refractivity contribution in [2.75, 3.05) is 6.16 Å². The van der Waals surface area contributed by atoms with Crippen LogP contribution >= 0.6 is 7.60 Å². The lowest BCUT2D eigenvalue weighted by atomic mass is 10.5. The highest BCUT2D eigenvalue weighted by atomic mass is 31.2. The van der Waals surface area contributed by atoms with E-state index in [-0.39, 0.29) is 0 Å². The Balaban J connectivity index is 4.61. The fourth-order valence-electron chi connectivity index (χ4n) is 0.617. The first-order valence-corrected chi connectivity index (χ1v) is 5.34. The van der Waals surface area contributed by atoms with Gasteiger partial charge in [-0.25, -0.2) is 14.2 Å². The molecule has 0 aromatic rings. The Labute approximate surface area is 85.2 Å². The maximum atomic E-state index is 11.4. The number of carboxylic acid groups (broad SMARTS) is 2. The van der Waals surface area contributed by atoms with Crippen molar-refractivity contribution in [1.29, 1.82) is 0 Å². The van der Waals surface area contributed by atoms with Crippen LogP contribution in [0, 0.1) is 0 Å². The zero-order valence-electron chi connectivity index (χ0n) is 7.53. The van der Waals surface area contributed by atoms with Crippen LogP contribution in [0.15, 0.2) is 24.8 Å². The highest BCUT2D eigenvalue weighted by molar-refractivity contribution is 7.55. The van der Waals surface area contributed by atoms with E-state index in [4.69, 9.17) is 10.2 Å².